The van der Waals surface area contributed by atoms with Crippen molar-refractivity contribution in [2.45, 2.75) is 38.4 Å². The molecule has 0 fully saturated rings. The topological polar surface area (TPSA) is 29.4 Å². The van der Waals surface area contributed by atoms with Crippen molar-refractivity contribution >= 4 is 32.6 Å². The maximum Gasteiger partial charge on any atom is 0.145 e. The van der Waals surface area contributed by atoms with E-state index < -0.39 is 15.7 Å². The molecule has 0 bridgehead atoms. The standard InChI is InChI=1S/C19H21BrFNOS/c1-19(2,3)24(23)22-18(15-8-6-9-16(21)13-15)12-11-14-7-4-5-10-17(14)20/h4-10,13H,11-12H2,1-3H3. The van der Waals surface area contributed by atoms with Crippen molar-refractivity contribution in [3.8, 4) is 0 Å². The van der Waals surface area contributed by atoms with E-state index in [4.69, 9.17) is 0 Å². The molecule has 0 spiro atoms. The van der Waals surface area contributed by atoms with Crippen LogP contribution in [-0.2, 0) is 17.4 Å². The van der Waals surface area contributed by atoms with Crippen LogP contribution in [-0.4, -0.2) is 14.7 Å². The second-order valence-electron chi connectivity index (χ2n) is 6.50. The van der Waals surface area contributed by atoms with Crippen molar-refractivity contribution < 1.29 is 8.60 Å². The zero-order chi connectivity index (χ0) is 17.7. The summed E-state index contributed by atoms with van der Waals surface area (Å²) >= 11 is 3.54. The van der Waals surface area contributed by atoms with E-state index in [2.05, 4.69) is 20.3 Å². The predicted octanol–water partition coefficient (Wildman–Crippen LogP) is 5.47. The summed E-state index contributed by atoms with van der Waals surface area (Å²) in [6.45, 7) is 5.64. The molecule has 0 N–H and O–H groups in total. The highest BCUT2D eigenvalue weighted by molar-refractivity contribution is 9.10. The lowest BCUT2D eigenvalue weighted by atomic mass is 10.0. The van der Waals surface area contributed by atoms with Crippen molar-refractivity contribution in [3.63, 3.8) is 0 Å². The Morgan fingerprint density at radius 2 is 1.88 bits per heavy atom. The Balaban J connectivity index is 2.31. The highest BCUT2D eigenvalue weighted by Crippen LogP contribution is 2.20. The van der Waals surface area contributed by atoms with E-state index >= 15 is 0 Å². The number of hydrogen-bond acceptors (Lipinski definition) is 1. The van der Waals surface area contributed by atoms with Gasteiger partial charge in [-0.25, -0.2) is 8.60 Å². The molecule has 24 heavy (non-hydrogen) atoms. The number of nitrogens with zero attached hydrogens (tertiary/aromatic N) is 1. The summed E-state index contributed by atoms with van der Waals surface area (Å²) < 4.78 is 31.0. The third-order valence-electron chi connectivity index (χ3n) is 3.46. The minimum Gasteiger partial charge on any atom is -0.234 e. The summed E-state index contributed by atoms with van der Waals surface area (Å²) in [6.07, 6.45) is 1.33. The largest absolute Gasteiger partial charge is 0.234 e. The molecule has 128 valence electrons. The van der Waals surface area contributed by atoms with E-state index in [0.29, 0.717) is 17.7 Å². The monoisotopic (exact) mass is 409 g/mol. The quantitative estimate of drug-likeness (QED) is 0.601. The maximum atomic E-state index is 13.6. The van der Waals surface area contributed by atoms with Gasteiger partial charge in [-0.1, -0.05) is 46.3 Å². The average Bonchev–Trinajstić information content (AvgIpc) is 2.51. The average molecular weight is 410 g/mol. The molecular formula is C19H21BrFNOS. The molecule has 1 atom stereocenters. The molecule has 2 aromatic carbocycles. The Morgan fingerprint density at radius 3 is 2.50 bits per heavy atom. The number of rotatable bonds is 5. The molecule has 5 heteroatoms. The van der Waals surface area contributed by atoms with Crippen LogP contribution in [0.15, 0.2) is 57.4 Å². The Bertz CT molecular complexity index is 768. The second kappa shape index (κ2) is 8.17. The lowest BCUT2D eigenvalue weighted by molar-refractivity contribution is 0.627. The Morgan fingerprint density at radius 1 is 1.17 bits per heavy atom. The smallest absolute Gasteiger partial charge is 0.145 e. The van der Waals surface area contributed by atoms with Crippen LogP contribution in [0.2, 0.25) is 0 Å². The zero-order valence-corrected chi connectivity index (χ0v) is 16.5. The summed E-state index contributed by atoms with van der Waals surface area (Å²) in [4.78, 5) is 0. The Labute approximate surface area is 153 Å². The van der Waals surface area contributed by atoms with Gasteiger partial charge in [0.2, 0.25) is 0 Å². The van der Waals surface area contributed by atoms with Gasteiger partial charge in [0.25, 0.3) is 0 Å². The number of hydrogen-bond donors (Lipinski definition) is 0. The van der Waals surface area contributed by atoms with Crippen LogP contribution in [0.25, 0.3) is 0 Å². The molecule has 0 amide bonds. The summed E-state index contributed by atoms with van der Waals surface area (Å²) in [6, 6.07) is 14.3. The van der Waals surface area contributed by atoms with Crippen LogP contribution in [0.3, 0.4) is 0 Å². The van der Waals surface area contributed by atoms with E-state index in [0.717, 1.165) is 16.5 Å². The first-order chi connectivity index (χ1) is 11.3. The van der Waals surface area contributed by atoms with E-state index in [1.165, 1.54) is 12.1 Å². The van der Waals surface area contributed by atoms with Crippen LogP contribution in [0.1, 0.15) is 38.3 Å². The van der Waals surface area contributed by atoms with Gasteiger partial charge in [0, 0.05) is 4.47 Å². The first kappa shape index (κ1) is 19.0. The fourth-order valence-corrected chi connectivity index (χ4v) is 3.26. The summed E-state index contributed by atoms with van der Waals surface area (Å²) in [7, 11) is -1.38. The Hall–Kier alpha value is -1.33. The lowest BCUT2D eigenvalue weighted by Gasteiger charge is -2.15. The molecule has 2 rings (SSSR count). The number of benzene rings is 2. The van der Waals surface area contributed by atoms with Gasteiger partial charge in [-0.15, -0.1) is 0 Å². The van der Waals surface area contributed by atoms with E-state index in [-0.39, 0.29) is 5.82 Å². The Kier molecular flexibility index (Phi) is 6.47. The molecule has 2 aromatic rings. The molecule has 0 aliphatic heterocycles. The van der Waals surface area contributed by atoms with E-state index in [1.54, 1.807) is 6.07 Å². The minimum absolute atomic E-state index is 0.317. The summed E-state index contributed by atoms with van der Waals surface area (Å²) in [5, 5.41) is 0. The fraction of sp³-hybridized carbons (Fsp3) is 0.316. The van der Waals surface area contributed by atoms with Gasteiger partial charge in [0.1, 0.15) is 16.8 Å². The first-order valence-corrected chi connectivity index (χ1v) is 9.66. The van der Waals surface area contributed by atoms with Crippen LogP contribution < -0.4 is 0 Å². The zero-order valence-electron chi connectivity index (χ0n) is 14.1. The second-order valence-corrected chi connectivity index (χ2v) is 9.26. The summed E-state index contributed by atoms with van der Waals surface area (Å²) in [5.41, 5.74) is 2.49. The summed E-state index contributed by atoms with van der Waals surface area (Å²) in [5.74, 6) is -0.317. The SMILES string of the molecule is CC(C)(C)S(=O)N=C(CCc1ccccc1Br)c1cccc(F)c1. The van der Waals surface area contributed by atoms with Gasteiger partial charge in [0.05, 0.1) is 10.5 Å². The van der Waals surface area contributed by atoms with Crippen LogP contribution in [0, 0.1) is 5.82 Å². The molecule has 0 aromatic heterocycles. The molecule has 0 saturated heterocycles. The van der Waals surface area contributed by atoms with Gasteiger partial charge in [-0.3, -0.25) is 0 Å². The van der Waals surface area contributed by atoms with Crippen molar-refractivity contribution in [1.29, 1.82) is 0 Å². The van der Waals surface area contributed by atoms with Crippen LogP contribution in [0.4, 0.5) is 4.39 Å². The van der Waals surface area contributed by atoms with Crippen molar-refractivity contribution in [1.82, 2.24) is 0 Å². The molecule has 0 aliphatic rings. The normalized spacial score (nSPS) is 13.8. The molecule has 0 aliphatic carbocycles. The number of halogens is 2. The van der Waals surface area contributed by atoms with Crippen molar-refractivity contribution in [2.75, 3.05) is 0 Å². The first-order valence-electron chi connectivity index (χ1n) is 7.76. The van der Waals surface area contributed by atoms with Crippen LogP contribution >= 0.6 is 15.9 Å². The molecule has 0 heterocycles. The van der Waals surface area contributed by atoms with Crippen molar-refractivity contribution in [3.05, 3.63) is 69.9 Å². The molecular weight excluding hydrogens is 389 g/mol. The molecule has 2 nitrogen and oxygen atoms in total. The lowest BCUT2D eigenvalue weighted by Crippen LogP contribution is -2.21. The molecule has 1 unspecified atom stereocenters. The molecule has 0 saturated carbocycles. The van der Waals surface area contributed by atoms with Crippen LogP contribution in [0.5, 0.6) is 0 Å². The van der Waals surface area contributed by atoms with Gasteiger partial charge in [-0.2, -0.15) is 4.40 Å². The highest BCUT2D eigenvalue weighted by Gasteiger charge is 2.20. The molecule has 0 radical (unpaired) electrons. The minimum atomic E-state index is -1.38. The number of aryl methyl sites for hydroxylation is 1. The third kappa shape index (κ3) is 5.35. The van der Waals surface area contributed by atoms with E-state index in [9.17, 15) is 8.60 Å². The van der Waals surface area contributed by atoms with Gasteiger partial charge in [-0.05, 0) is 62.9 Å². The van der Waals surface area contributed by atoms with Gasteiger partial charge < -0.3 is 0 Å². The highest BCUT2D eigenvalue weighted by atomic mass is 79.9. The van der Waals surface area contributed by atoms with Crippen molar-refractivity contribution in [2.24, 2.45) is 4.40 Å². The maximum absolute atomic E-state index is 13.6. The fourth-order valence-electron chi connectivity index (χ4n) is 2.10. The van der Waals surface area contributed by atoms with Gasteiger partial charge >= 0.3 is 0 Å². The van der Waals surface area contributed by atoms with Gasteiger partial charge in [0.15, 0.2) is 0 Å². The van der Waals surface area contributed by atoms with E-state index in [1.807, 2.05) is 51.1 Å². The third-order valence-corrected chi connectivity index (χ3v) is 5.67. The predicted molar refractivity (Wildman–Crippen MR) is 103 cm³/mol.